The van der Waals surface area contributed by atoms with E-state index in [0.29, 0.717) is 17.7 Å². The number of rotatable bonds is 4. The molecule has 0 aliphatic rings. The van der Waals surface area contributed by atoms with Crippen LogP contribution in [0.15, 0.2) is 65.6 Å². The van der Waals surface area contributed by atoms with Crippen LogP contribution in [0, 0.1) is 0 Å². The molecule has 0 saturated carbocycles. The van der Waals surface area contributed by atoms with E-state index in [1.165, 1.54) is 12.1 Å². The van der Waals surface area contributed by atoms with Gasteiger partial charge in [-0.25, -0.2) is 13.1 Å². The molecule has 5 nitrogen and oxygen atoms in total. The second-order valence-corrected chi connectivity index (χ2v) is 7.13. The summed E-state index contributed by atoms with van der Waals surface area (Å²) >= 11 is 0. The lowest BCUT2D eigenvalue weighted by Crippen LogP contribution is -2.01. The summed E-state index contributed by atoms with van der Waals surface area (Å²) < 4.78 is 24.7. The Morgan fingerprint density at radius 2 is 1.65 bits per heavy atom. The molecule has 3 rings (SSSR count). The topological polar surface area (TPSA) is 69.0 Å². The maximum Gasteiger partial charge on any atom is 0.175 e. The summed E-state index contributed by atoms with van der Waals surface area (Å²) in [6, 6.07) is 17.7. The summed E-state index contributed by atoms with van der Waals surface area (Å²) in [7, 11) is -3.25. The first kappa shape index (κ1) is 15.2. The minimum absolute atomic E-state index is 0.241. The highest BCUT2D eigenvalue weighted by Crippen LogP contribution is 2.24. The molecule has 23 heavy (non-hydrogen) atoms. The van der Waals surface area contributed by atoms with Crippen molar-refractivity contribution in [3.8, 4) is 16.9 Å². The Morgan fingerprint density at radius 3 is 2.22 bits per heavy atom. The van der Waals surface area contributed by atoms with Gasteiger partial charge in [-0.3, -0.25) is 4.79 Å². The van der Waals surface area contributed by atoms with Crippen molar-refractivity contribution in [2.24, 2.45) is 0 Å². The third-order valence-corrected chi connectivity index (χ3v) is 4.56. The van der Waals surface area contributed by atoms with Crippen LogP contribution in [0.3, 0.4) is 0 Å². The predicted molar refractivity (Wildman–Crippen MR) is 87.5 cm³/mol. The van der Waals surface area contributed by atoms with E-state index in [1.807, 2.05) is 30.3 Å². The van der Waals surface area contributed by atoms with Crippen molar-refractivity contribution in [3.05, 3.63) is 66.4 Å². The molecule has 0 N–H and O–H groups in total. The predicted octanol–water partition coefficient (Wildman–Crippen LogP) is 2.76. The van der Waals surface area contributed by atoms with Gasteiger partial charge < -0.3 is 0 Å². The summed E-state index contributed by atoms with van der Waals surface area (Å²) in [5.41, 5.74) is 2.68. The number of benzene rings is 2. The Morgan fingerprint density at radius 1 is 1.00 bits per heavy atom. The molecule has 6 heteroatoms. The zero-order chi connectivity index (χ0) is 16.4. The minimum Gasteiger partial charge on any atom is -0.296 e. The fraction of sp³-hybridized carbons (Fsp3) is 0.0588. The molecule has 2 aromatic carbocycles. The molecule has 0 fully saturated rings. The molecule has 1 heterocycles. The van der Waals surface area contributed by atoms with E-state index in [0.717, 1.165) is 17.5 Å². The van der Waals surface area contributed by atoms with Crippen molar-refractivity contribution in [2.75, 3.05) is 6.26 Å². The van der Waals surface area contributed by atoms with Crippen molar-refractivity contribution in [1.82, 2.24) is 9.78 Å². The summed E-state index contributed by atoms with van der Waals surface area (Å²) in [5, 5.41) is 4.27. The zero-order valence-electron chi connectivity index (χ0n) is 12.4. The molecular weight excluding hydrogens is 312 g/mol. The van der Waals surface area contributed by atoms with Gasteiger partial charge in [0.15, 0.2) is 16.1 Å². The van der Waals surface area contributed by atoms with Crippen molar-refractivity contribution in [2.45, 2.75) is 4.90 Å². The lowest BCUT2D eigenvalue weighted by molar-refractivity contribution is 0.111. The van der Waals surface area contributed by atoms with Crippen molar-refractivity contribution in [3.63, 3.8) is 0 Å². The number of carbonyl (C=O) groups excluding carboxylic acids is 1. The van der Waals surface area contributed by atoms with Gasteiger partial charge in [-0.2, -0.15) is 5.10 Å². The van der Waals surface area contributed by atoms with Gasteiger partial charge in [0, 0.05) is 11.8 Å². The standard InChI is InChI=1S/C17H14N2O3S/c1-23(21,22)16-9-7-15(8-10-16)19-17(11-14(12-20)18-19)13-5-3-2-4-6-13/h2-12H,1H3. The Balaban J connectivity index is 2.13. The van der Waals surface area contributed by atoms with Crippen LogP contribution in [-0.2, 0) is 9.84 Å². The first-order chi connectivity index (χ1) is 11.0. The van der Waals surface area contributed by atoms with E-state index < -0.39 is 9.84 Å². The third kappa shape index (κ3) is 3.07. The van der Waals surface area contributed by atoms with E-state index in [4.69, 9.17) is 0 Å². The van der Waals surface area contributed by atoms with Gasteiger partial charge in [-0.05, 0) is 30.3 Å². The number of carbonyl (C=O) groups is 1. The molecule has 1 aromatic heterocycles. The molecule has 0 unspecified atom stereocenters. The van der Waals surface area contributed by atoms with E-state index in [1.54, 1.807) is 22.9 Å². The SMILES string of the molecule is CS(=O)(=O)c1ccc(-n2nc(C=O)cc2-c2ccccc2)cc1. The van der Waals surface area contributed by atoms with Gasteiger partial charge in [-0.1, -0.05) is 30.3 Å². The molecule has 0 aliphatic carbocycles. The molecular formula is C17H14N2O3S. The van der Waals surface area contributed by atoms with Gasteiger partial charge in [0.25, 0.3) is 0 Å². The molecule has 116 valence electrons. The molecule has 0 atom stereocenters. The van der Waals surface area contributed by atoms with Crippen LogP contribution in [-0.4, -0.2) is 30.7 Å². The van der Waals surface area contributed by atoms with Crippen LogP contribution in [0.4, 0.5) is 0 Å². The second kappa shape index (κ2) is 5.81. The monoisotopic (exact) mass is 326 g/mol. The third-order valence-electron chi connectivity index (χ3n) is 3.43. The Bertz CT molecular complexity index is 943. The molecule has 0 saturated heterocycles. The van der Waals surface area contributed by atoms with Crippen LogP contribution >= 0.6 is 0 Å². The number of hydrogen-bond acceptors (Lipinski definition) is 4. The average Bonchev–Trinajstić information content (AvgIpc) is 2.99. The van der Waals surface area contributed by atoms with Crippen LogP contribution < -0.4 is 0 Å². The summed E-state index contributed by atoms with van der Waals surface area (Å²) in [5.74, 6) is 0. The molecule has 0 aliphatic heterocycles. The number of aromatic nitrogens is 2. The van der Waals surface area contributed by atoms with Gasteiger partial charge >= 0.3 is 0 Å². The molecule has 0 bridgehead atoms. The van der Waals surface area contributed by atoms with E-state index in [-0.39, 0.29) is 4.90 Å². The average molecular weight is 326 g/mol. The van der Waals surface area contributed by atoms with E-state index >= 15 is 0 Å². The van der Waals surface area contributed by atoms with Crippen molar-refractivity contribution < 1.29 is 13.2 Å². The van der Waals surface area contributed by atoms with E-state index in [2.05, 4.69) is 5.10 Å². The summed E-state index contributed by atoms with van der Waals surface area (Å²) in [4.78, 5) is 11.3. The smallest absolute Gasteiger partial charge is 0.175 e. The molecule has 0 radical (unpaired) electrons. The largest absolute Gasteiger partial charge is 0.296 e. The van der Waals surface area contributed by atoms with Crippen molar-refractivity contribution in [1.29, 1.82) is 0 Å². The quantitative estimate of drug-likeness (QED) is 0.691. The fourth-order valence-corrected chi connectivity index (χ4v) is 2.93. The molecule has 0 spiro atoms. The maximum atomic E-state index is 11.6. The first-order valence-electron chi connectivity index (χ1n) is 6.90. The Hall–Kier alpha value is -2.73. The number of hydrogen-bond donors (Lipinski definition) is 0. The molecule has 0 amide bonds. The van der Waals surface area contributed by atoms with E-state index in [9.17, 15) is 13.2 Å². The second-order valence-electron chi connectivity index (χ2n) is 5.12. The number of aldehydes is 1. The normalized spacial score (nSPS) is 11.3. The summed E-state index contributed by atoms with van der Waals surface area (Å²) in [6.07, 6.45) is 1.85. The lowest BCUT2D eigenvalue weighted by Gasteiger charge is -2.08. The number of nitrogens with zero attached hydrogens (tertiary/aromatic N) is 2. The summed E-state index contributed by atoms with van der Waals surface area (Å²) in [6.45, 7) is 0. The zero-order valence-corrected chi connectivity index (χ0v) is 13.2. The maximum absolute atomic E-state index is 11.6. The van der Waals surface area contributed by atoms with Gasteiger partial charge in [0.2, 0.25) is 0 Å². The highest BCUT2D eigenvalue weighted by atomic mass is 32.2. The Labute approximate surface area is 134 Å². The Kier molecular flexibility index (Phi) is 3.83. The minimum atomic E-state index is -3.25. The highest BCUT2D eigenvalue weighted by Gasteiger charge is 2.12. The van der Waals surface area contributed by atoms with Crippen LogP contribution in [0.2, 0.25) is 0 Å². The van der Waals surface area contributed by atoms with Gasteiger partial charge in [-0.15, -0.1) is 0 Å². The first-order valence-corrected chi connectivity index (χ1v) is 8.79. The van der Waals surface area contributed by atoms with Crippen LogP contribution in [0.25, 0.3) is 16.9 Å². The number of sulfone groups is 1. The highest BCUT2D eigenvalue weighted by molar-refractivity contribution is 7.90. The van der Waals surface area contributed by atoms with Crippen molar-refractivity contribution >= 4 is 16.1 Å². The van der Waals surface area contributed by atoms with Crippen LogP contribution in [0.1, 0.15) is 10.5 Å². The van der Waals surface area contributed by atoms with Gasteiger partial charge in [0.05, 0.1) is 16.3 Å². The van der Waals surface area contributed by atoms with Crippen LogP contribution in [0.5, 0.6) is 0 Å². The lowest BCUT2D eigenvalue weighted by atomic mass is 10.1. The molecule has 3 aromatic rings. The fourth-order valence-electron chi connectivity index (χ4n) is 2.30. The van der Waals surface area contributed by atoms with Gasteiger partial charge in [0.1, 0.15) is 5.69 Å².